The van der Waals surface area contributed by atoms with Crippen LogP contribution >= 0.6 is 0 Å². The summed E-state index contributed by atoms with van der Waals surface area (Å²) in [5.74, 6) is 0.635. The lowest BCUT2D eigenvalue weighted by Gasteiger charge is -2.31. The number of anilines is 1. The van der Waals surface area contributed by atoms with Gasteiger partial charge in [-0.1, -0.05) is 6.07 Å². The lowest BCUT2D eigenvalue weighted by atomic mass is 10.1. The maximum absolute atomic E-state index is 12.0. The normalized spacial score (nSPS) is 23.9. The first-order chi connectivity index (χ1) is 10.1. The van der Waals surface area contributed by atoms with Crippen molar-refractivity contribution in [2.75, 3.05) is 31.6 Å². The number of ether oxygens (including phenoxy) is 1. The summed E-state index contributed by atoms with van der Waals surface area (Å²) in [5, 5.41) is 10.4. The van der Waals surface area contributed by atoms with Crippen LogP contribution in [0.25, 0.3) is 0 Å². The monoisotopic (exact) mass is 290 g/mol. The molecule has 114 valence electrons. The Kier molecular flexibility index (Phi) is 3.87. The van der Waals surface area contributed by atoms with E-state index in [1.165, 1.54) is 12.8 Å². The number of β-amino-alcohol motifs (C(OH)–C–C–N with tert-alkyl or cyclic N) is 1. The van der Waals surface area contributed by atoms with E-state index in [0.29, 0.717) is 12.3 Å². The minimum absolute atomic E-state index is 0.0614. The lowest BCUT2D eigenvalue weighted by molar-refractivity contribution is -0.125. The quantitative estimate of drug-likeness (QED) is 0.918. The van der Waals surface area contributed by atoms with Crippen LogP contribution < -0.4 is 9.64 Å². The van der Waals surface area contributed by atoms with Crippen molar-refractivity contribution in [3.63, 3.8) is 0 Å². The third kappa shape index (κ3) is 2.76. The van der Waals surface area contributed by atoms with Gasteiger partial charge in [-0.15, -0.1) is 0 Å². The molecule has 5 heteroatoms. The molecular formula is C16H22N2O3. The maximum atomic E-state index is 12.0. The van der Waals surface area contributed by atoms with Crippen LogP contribution in [0.15, 0.2) is 18.2 Å². The smallest absolute Gasteiger partial charge is 0.267 e. The minimum atomic E-state index is -0.531. The number of aliphatic hydroxyl groups is 1. The number of carbonyl (C=O) groups excluding carboxylic acids is 1. The largest absolute Gasteiger partial charge is 0.479 e. The molecule has 2 unspecified atom stereocenters. The van der Waals surface area contributed by atoms with E-state index < -0.39 is 12.2 Å². The van der Waals surface area contributed by atoms with Gasteiger partial charge >= 0.3 is 0 Å². The number of hydrogen-bond donors (Lipinski definition) is 1. The molecule has 2 aliphatic rings. The fourth-order valence-corrected chi connectivity index (χ4v) is 3.05. The standard InChI is InChI=1S/C16H22N2O3/c1-11-16(20)17(2)13-9-12(5-6-15(13)21-11)14(19)10-18-7-3-4-8-18/h5-6,9,11,14,19H,3-4,7-8,10H2,1-2H3. The van der Waals surface area contributed by atoms with E-state index in [9.17, 15) is 9.90 Å². The Labute approximate surface area is 125 Å². The average Bonchev–Trinajstić information content (AvgIpc) is 2.97. The molecule has 2 aliphatic heterocycles. The molecule has 1 fully saturated rings. The number of fused-ring (bicyclic) bond motifs is 1. The summed E-state index contributed by atoms with van der Waals surface area (Å²) in [6, 6.07) is 5.59. The number of aliphatic hydroxyl groups excluding tert-OH is 1. The predicted octanol–water partition coefficient (Wildman–Crippen LogP) is 1.56. The van der Waals surface area contributed by atoms with Crippen molar-refractivity contribution in [1.29, 1.82) is 0 Å². The number of amides is 1. The number of rotatable bonds is 3. The van der Waals surface area contributed by atoms with E-state index in [-0.39, 0.29) is 5.91 Å². The van der Waals surface area contributed by atoms with Gasteiger partial charge in [0.05, 0.1) is 11.8 Å². The summed E-state index contributed by atoms with van der Waals surface area (Å²) in [6.45, 7) is 4.51. The Morgan fingerprint density at radius 3 is 2.81 bits per heavy atom. The van der Waals surface area contributed by atoms with E-state index in [1.54, 1.807) is 18.9 Å². The predicted molar refractivity (Wildman–Crippen MR) is 80.6 cm³/mol. The van der Waals surface area contributed by atoms with Crippen LogP contribution in [0.1, 0.15) is 31.4 Å². The van der Waals surface area contributed by atoms with Crippen molar-refractivity contribution in [3.8, 4) is 5.75 Å². The van der Waals surface area contributed by atoms with Crippen molar-refractivity contribution in [3.05, 3.63) is 23.8 Å². The summed E-state index contributed by atoms with van der Waals surface area (Å²) in [4.78, 5) is 15.9. The maximum Gasteiger partial charge on any atom is 0.267 e. The third-order valence-corrected chi connectivity index (χ3v) is 4.34. The second kappa shape index (κ2) is 5.66. The first-order valence-electron chi connectivity index (χ1n) is 7.55. The Bertz CT molecular complexity index is 540. The molecule has 2 atom stereocenters. The second-order valence-electron chi connectivity index (χ2n) is 5.91. The fourth-order valence-electron chi connectivity index (χ4n) is 3.05. The molecule has 0 saturated carbocycles. The molecule has 1 amide bonds. The van der Waals surface area contributed by atoms with Crippen LogP contribution in [-0.2, 0) is 4.79 Å². The molecule has 0 aromatic heterocycles. The number of nitrogens with zero attached hydrogens (tertiary/aromatic N) is 2. The van der Waals surface area contributed by atoms with Crippen molar-refractivity contribution in [2.45, 2.75) is 32.0 Å². The van der Waals surface area contributed by atoms with Crippen LogP contribution in [0.3, 0.4) is 0 Å². The Morgan fingerprint density at radius 2 is 2.10 bits per heavy atom. The van der Waals surface area contributed by atoms with Crippen molar-refractivity contribution in [1.82, 2.24) is 4.90 Å². The van der Waals surface area contributed by atoms with Gasteiger partial charge in [0.1, 0.15) is 5.75 Å². The van der Waals surface area contributed by atoms with E-state index in [1.807, 2.05) is 18.2 Å². The van der Waals surface area contributed by atoms with Gasteiger partial charge < -0.3 is 19.6 Å². The Morgan fingerprint density at radius 1 is 1.38 bits per heavy atom. The highest BCUT2D eigenvalue weighted by atomic mass is 16.5. The molecule has 21 heavy (non-hydrogen) atoms. The molecule has 1 N–H and O–H groups in total. The summed E-state index contributed by atoms with van der Waals surface area (Å²) in [6.07, 6.45) is 1.43. The number of hydrogen-bond acceptors (Lipinski definition) is 4. The van der Waals surface area contributed by atoms with Gasteiger partial charge in [0.25, 0.3) is 5.91 Å². The number of benzene rings is 1. The minimum Gasteiger partial charge on any atom is -0.479 e. The zero-order chi connectivity index (χ0) is 15.0. The molecule has 0 bridgehead atoms. The van der Waals surface area contributed by atoms with Crippen LogP contribution in [0.5, 0.6) is 5.75 Å². The average molecular weight is 290 g/mol. The van der Waals surface area contributed by atoms with Gasteiger partial charge in [0.2, 0.25) is 0 Å². The SMILES string of the molecule is CC1Oc2ccc(C(O)CN3CCCC3)cc2N(C)C1=O. The van der Waals surface area contributed by atoms with Crippen LogP contribution in [0, 0.1) is 0 Å². The highest BCUT2D eigenvalue weighted by Gasteiger charge is 2.29. The highest BCUT2D eigenvalue weighted by molar-refractivity contribution is 5.99. The van der Waals surface area contributed by atoms with Gasteiger partial charge in [-0.3, -0.25) is 4.79 Å². The Hall–Kier alpha value is -1.59. The highest BCUT2D eigenvalue weighted by Crippen LogP contribution is 2.35. The summed E-state index contributed by atoms with van der Waals surface area (Å²) in [7, 11) is 1.75. The molecule has 1 saturated heterocycles. The molecule has 5 nitrogen and oxygen atoms in total. The van der Waals surface area contributed by atoms with E-state index in [0.717, 1.165) is 24.3 Å². The van der Waals surface area contributed by atoms with Crippen LogP contribution in [0.4, 0.5) is 5.69 Å². The lowest BCUT2D eigenvalue weighted by Crippen LogP contribution is -2.42. The second-order valence-corrected chi connectivity index (χ2v) is 5.91. The molecule has 0 spiro atoms. The van der Waals surface area contributed by atoms with Gasteiger partial charge in [0, 0.05) is 13.6 Å². The third-order valence-electron chi connectivity index (χ3n) is 4.34. The van der Waals surface area contributed by atoms with E-state index >= 15 is 0 Å². The summed E-state index contributed by atoms with van der Waals surface area (Å²) < 4.78 is 5.60. The first kappa shape index (κ1) is 14.4. The summed E-state index contributed by atoms with van der Waals surface area (Å²) in [5.41, 5.74) is 1.56. The van der Waals surface area contributed by atoms with Gasteiger partial charge in [0.15, 0.2) is 6.10 Å². The number of carbonyl (C=O) groups is 1. The molecule has 3 rings (SSSR count). The van der Waals surface area contributed by atoms with E-state index in [2.05, 4.69) is 4.90 Å². The zero-order valence-corrected chi connectivity index (χ0v) is 12.6. The topological polar surface area (TPSA) is 53.0 Å². The molecule has 1 aromatic carbocycles. The number of likely N-dealkylation sites (tertiary alicyclic amines) is 1. The number of likely N-dealkylation sites (N-methyl/N-ethyl adjacent to an activating group) is 1. The molecule has 0 radical (unpaired) electrons. The van der Waals surface area contributed by atoms with Crippen LogP contribution in [0.2, 0.25) is 0 Å². The molecular weight excluding hydrogens is 268 g/mol. The van der Waals surface area contributed by atoms with Gasteiger partial charge in [-0.25, -0.2) is 0 Å². The van der Waals surface area contributed by atoms with Crippen molar-refractivity contribution < 1.29 is 14.6 Å². The van der Waals surface area contributed by atoms with Crippen molar-refractivity contribution >= 4 is 11.6 Å². The first-order valence-corrected chi connectivity index (χ1v) is 7.55. The summed E-state index contributed by atoms with van der Waals surface area (Å²) >= 11 is 0. The zero-order valence-electron chi connectivity index (χ0n) is 12.6. The van der Waals surface area contributed by atoms with Gasteiger partial charge in [-0.05, 0) is 50.6 Å². The van der Waals surface area contributed by atoms with Crippen LogP contribution in [-0.4, -0.2) is 48.7 Å². The fraction of sp³-hybridized carbons (Fsp3) is 0.562. The van der Waals surface area contributed by atoms with E-state index in [4.69, 9.17) is 4.74 Å². The van der Waals surface area contributed by atoms with Gasteiger partial charge in [-0.2, -0.15) is 0 Å². The Balaban J connectivity index is 1.80. The molecule has 1 aromatic rings. The molecule has 2 heterocycles. The van der Waals surface area contributed by atoms with Crippen molar-refractivity contribution in [2.24, 2.45) is 0 Å². The molecule has 0 aliphatic carbocycles.